The summed E-state index contributed by atoms with van der Waals surface area (Å²) in [5.74, 6) is 0.477. The van der Waals surface area contributed by atoms with Crippen LogP contribution in [0.15, 0.2) is 36.7 Å². The Labute approximate surface area is 131 Å². The van der Waals surface area contributed by atoms with Gasteiger partial charge in [-0.3, -0.25) is 4.98 Å². The molecule has 0 fully saturated rings. The molecule has 114 valence electrons. The number of nitrogens with two attached hydrogens (primary N) is 1. The molecule has 0 unspecified atom stereocenters. The molecule has 0 aliphatic rings. The number of nitrogens with zero attached hydrogens (tertiary/aromatic N) is 2. The van der Waals surface area contributed by atoms with E-state index in [9.17, 15) is 8.42 Å². The van der Waals surface area contributed by atoms with E-state index in [2.05, 4.69) is 9.97 Å². The number of benzene rings is 1. The van der Waals surface area contributed by atoms with Crippen molar-refractivity contribution in [1.29, 1.82) is 0 Å². The van der Waals surface area contributed by atoms with Gasteiger partial charge in [-0.15, -0.1) is 11.3 Å². The first-order chi connectivity index (χ1) is 10.5. The van der Waals surface area contributed by atoms with Gasteiger partial charge in [-0.05, 0) is 23.8 Å². The Morgan fingerprint density at radius 3 is 2.86 bits per heavy atom. The average Bonchev–Trinajstić information content (AvgIpc) is 2.88. The second-order valence-corrected chi connectivity index (χ2v) is 7.34. The van der Waals surface area contributed by atoms with Crippen molar-refractivity contribution >= 4 is 31.6 Å². The number of methoxy groups -OCH3 is 1. The van der Waals surface area contributed by atoms with Gasteiger partial charge in [0, 0.05) is 24.0 Å². The topological polar surface area (TPSA) is 95.2 Å². The second-order valence-electron chi connectivity index (χ2n) is 4.69. The minimum Gasteiger partial charge on any atom is -0.497 e. The van der Waals surface area contributed by atoms with Gasteiger partial charge in [0.2, 0.25) is 10.0 Å². The highest BCUT2D eigenvalue weighted by molar-refractivity contribution is 7.88. The molecule has 0 aliphatic carbocycles. The van der Waals surface area contributed by atoms with Crippen LogP contribution in [-0.4, -0.2) is 25.5 Å². The SMILES string of the molecule is COc1ccc2sc(-c3cnccc3CS(N)(=O)=O)nc2c1. The number of ether oxygens (including phenoxy) is 1. The molecule has 1 aromatic carbocycles. The highest BCUT2D eigenvalue weighted by Crippen LogP contribution is 2.33. The normalized spacial score (nSPS) is 11.7. The van der Waals surface area contributed by atoms with Crippen LogP contribution in [-0.2, 0) is 15.8 Å². The Kier molecular flexibility index (Phi) is 3.81. The Morgan fingerprint density at radius 1 is 1.32 bits per heavy atom. The van der Waals surface area contributed by atoms with Crippen molar-refractivity contribution in [2.24, 2.45) is 5.14 Å². The fourth-order valence-electron chi connectivity index (χ4n) is 2.11. The molecular formula is C14H13N3O3S2. The second kappa shape index (κ2) is 5.64. The maximum atomic E-state index is 11.4. The fraction of sp³-hybridized carbons (Fsp3) is 0.143. The van der Waals surface area contributed by atoms with E-state index < -0.39 is 10.0 Å². The molecule has 0 amide bonds. The van der Waals surface area contributed by atoms with Gasteiger partial charge in [-0.25, -0.2) is 18.5 Å². The molecule has 0 aliphatic heterocycles. The molecule has 0 spiro atoms. The van der Waals surface area contributed by atoms with Crippen LogP contribution in [0.5, 0.6) is 5.75 Å². The van der Waals surface area contributed by atoms with Gasteiger partial charge in [0.25, 0.3) is 0 Å². The van der Waals surface area contributed by atoms with Crippen molar-refractivity contribution in [2.75, 3.05) is 7.11 Å². The van der Waals surface area contributed by atoms with E-state index in [-0.39, 0.29) is 5.75 Å². The zero-order valence-corrected chi connectivity index (χ0v) is 13.3. The lowest BCUT2D eigenvalue weighted by atomic mass is 10.2. The third-order valence-electron chi connectivity index (χ3n) is 3.09. The molecule has 6 nitrogen and oxygen atoms in total. The predicted octanol–water partition coefficient (Wildman–Crippen LogP) is 2.16. The van der Waals surface area contributed by atoms with Crippen LogP contribution in [0.25, 0.3) is 20.8 Å². The zero-order chi connectivity index (χ0) is 15.7. The molecule has 8 heteroatoms. The van der Waals surface area contributed by atoms with Gasteiger partial charge in [0.1, 0.15) is 10.8 Å². The average molecular weight is 335 g/mol. The highest BCUT2D eigenvalue weighted by atomic mass is 32.2. The number of thiazole rings is 1. The number of hydrogen-bond acceptors (Lipinski definition) is 6. The number of rotatable bonds is 4. The molecule has 22 heavy (non-hydrogen) atoms. The number of fused-ring (bicyclic) bond motifs is 1. The first-order valence-electron chi connectivity index (χ1n) is 6.34. The summed E-state index contributed by atoms with van der Waals surface area (Å²) >= 11 is 1.47. The first-order valence-corrected chi connectivity index (χ1v) is 8.88. The Balaban J connectivity index is 2.11. The first kappa shape index (κ1) is 14.9. The molecule has 2 heterocycles. The Bertz CT molecular complexity index is 935. The Morgan fingerprint density at radius 2 is 2.14 bits per heavy atom. The molecule has 0 saturated heterocycles. The zero-order valence-electron chi connectivity index (χ0n) is 11.7. The molecule has 3 aromatic rings. The van der Waals surface area contributed by atoms with Gasteiger partial charge in [0.05, 0.1) is 23.1 Å². The summed E-state index contributed by atoms with van der Waals surface area (Å²) in [5.41, 5.74) is 2.06. The van der Waals surface area contributed by atoms with Crippen molar-refractivity contribution in [1.82, 2.24) is 9.97 Å². The molecule has 3 rings (SSSR count). The number of primary sulfonamides is 1. The monoisotopic (exact) mass is 335 g/mol. The molecule has 2 N–H and O–H groups in total. The summed E-state index contributed by atoms with van der Waals surface area (Å²) in [6.07, 6.45) is 3.15. The molecule has 0 bridgehead atoms. The summed E-state index contributed by atoms with van der Waals surface area (Å²) < 4.78 is 28.9. The molecule has 0 saturated carbocycles. The predicted molar refractivity (Wildman–Crippen MR) is 86.2 cm³/mol. The van der Waals surface area contributed by atoms with Gasteiger partial charge >= 0.3 is 0 Å². The van der Waals surface area contributed by atoms with Crippen LogP contribution >= 0.6 is 11.3 Å². The smallest absolute Gasteiger partial charge is 0.213 e. The quantitative estimate of drug-likeness (QED) is 0.788. The summed E-state index contributed by atoms with van der Waals surface area (Å²) in [6, 6.07) is 7.27. The standard InChI is InChI=1S/C14H13N3O3S2/c1-20-10-2-3-13-12(6-10)17-14(21-13)11-7-16-5-4-9(11)8-22(15,18)19/h2-7H,8H2,1H3,(H2,15,18,19). The van der Waals surface area contributed by atoms with Gasteiger partial charge in [-0.1, -0.05) is 0 Å². The summed E-state index contributed by atoms with van der Waals surface area (Å²) in [5, 5.41) is 5.85. The molecular weight excluding hydrogens is 322 g/mol. The van der Waals surface area contributed by atoms with Crippen LogP contribution in [0.1, 0.15) is 5.56 Å². The van der Waals surface area contributed by atoms with Crippen LogP contribution < -0.4 is 9.88 Å². The van der Waals surface area contributed by atoms with E-state index in [1.54, 1.807) is 25.6 Å². The van der Waals surface area contributed by atoms with Crippen molar-refractivity contribution in [3.8, 4) is 16.3 Å². The summed E-state index contributed by atoms with van der Waals surface area (Å²) in [4.78, 5) is 8.61. The van der Waals surface area contributed by atoms with E-state index in [1.165, 1.54) is 11.3 Å². The van der Waals surface area contributed by atoms with Crippen molar-refractivity contribution in [3.05, 3.63) is 42.2 Å². The van der Waals surface area contributed by atoms with E-state index in [0.29, 0.717) is 16.1 Å². The molecule has 0 atom stereocenters. The number of hydrogen-bond donors (Lipinski definition) is 1. The maximum Gasteiger partial charge on any atom is 0.213 e. The number of aromatic nitrogens is 2. The van der Waals surface area contributed by atoms with E-state index in [0.717, 1.165) is 16.0 Å². The van der Waals surface area contributed by atoms with Crippen molar-refractivity contribution in [2.45, 2.75) is 5.75 Å². The lowest BCUT2D eigenvalue weighted by Gasteiger charge is -2.04. The lowest BCUT2D eigenvalue weighted by Crippen LogP contribution is -2.15. The maximum absolute atomic E-state index is 11.4. The molecule has 0 radical (unpaired) electrons. The minimum atomic E-state index is -3.62. The Hall–Kier alpha value is -2.03. The third kappa shape index (κ3) is 3.08. The van der Waals surface area contributed by atoms with Gasteiger partial charge < -0.3 is 4.74 Å². The van der Waals surface area contributed by atoms with Crippen molar-refractivity contribution in [3.63, 3.8) is 0 Å². The number of sulfonamides is 1. The minimum absolute atomic E-state index is 0.246. The van der Waals surface area contributed by atoms with E-state index in [4.69, 9.17) is 9.88 Å². The molecule has 2 aromatic heterocycles. The van der Waals surface area contributed by atoms with Crippen LogP contribution in [0.4, 0.5) is 0 Å². The summed E-state index contributed by atoms with van der Waals surface area (Å²) in [6.45, 7) is 0. The van der Waals surface area contributed by atoms with Crippen LogP contribution in [0.2, 0.25) is 0 Å². The van der Waals surface area contributed by atoms with E-state index in [1.807, 2.05) is 18.2 Å². The van der Waals surface area contributed by atoms with Crippen LogP contribution in [0, 0.1) is 0 Å². The van der Waals surface area contributed by atoms with E-state index >= 15 is 0 Å². The third-order valence-corrected chi connectivity index (χ3v) is 4.88. The largest absolute Gasteiger partial charge is 0.497 e. The summed E-state index contributed by atoms with van der Waals surface area (Å²) in [7, 11) is -2.02. The van der Waals surface area contributed by atoms with Gasteiger partial charge in [-0.2, -0.15) is 0 Å². The number of pyridine rings is 1. The van der Waals surface area contributed by atoms with Crippen LogP contribution in [0.3, 0.4) is 0 Å². The van der Waals surface area contributed by atoms with Gasteiger partial charge in [0.15, 0.2) is 0 Å². The highest BCUT2D eigenvalue weighted by Gasteiger charge is 2.15. The van der Waals surface area contributed by atoms with Crippen molar-refractivity contribution < 1.29 is 13.2 Å². The fourth-order valence-corrected chi connectivity index (χ4v) is 3.78. The lowest BCUT2D eigenvalue weighted by molar-refractivity contribution is 0.415.